The van der Waals surface area contributed by atoms with Crippen LogP contribution in [0.4, 0.5) is 0 Å². The molecular formula is C19H31NO. The van der Waals surface area contributed by atoms with E-state index in [9.17, 15) is 0 Å². The number of para-hydroxylation sites is 1. The molecule has 2 heteroatoms. The number of methoxy groups -OCH3 is 1. The predicted molar refractivity (Wildman–Crippen MR) is 89.9 cm³/mol. The molecule has 0 amide bonds. The molecule has 2 atom stereocenters. The van der Waals surface area contributed by atoms with E-state index in [1.807, 2.05) is 0 Å². The van der Waals surface area contributed by atoms with Crippen LogP contribution < -0.4 is 10.1 Å². The van der Waals surface area contributed by atoms with Crippen molar-refractivity contribution in [1.82, 2.24) is 5.32 Å². The highest BCUT2D eigenvalue weighted by molar-refractivity contribution is 5.33. The van der Waals surface area contributed by atoms with Crippen molar-refractivity contribution in [2.24, 2.45) is 11.8 Å². The molecule has 1 aromatic carbocycles. The molecule has 118 valence electrons. The van der Waals surface area contributed by atoms with Gasteiger partial charge in [-0.2, -0.15) is 0 Å². The van der Waals surface area contributed by atoms with Crippen LogP contribution in [0.5, 0.6) is 5.75 Å². The molecule has 1 saturated carbocycles. The Kier molecular flexibility index (Phi) is 5.69. The van der Waals surface area contributed by atoms with Crippen molar-refractivity contribution in [1.29, 1.82) is 0 Å². The van der Waals surface area contributed by atoms with E-state index in [2.05, 4.69) is 50.4 Å². The molecule has 0 saturated heterocycles. The van der Waals surface area contributed by atoms with Crippen molar-refractivity contribution in [2.45, 2.75) is 58.4 Å². The Balaban J connectivity index is 2.01. The lowest BCUT2D eigenvalue weighted by Crippen LogP contribution is -2.41. The lowest BCUT2D eigenvalue weighted by Gasteiger charge is -2.34. The van der Waals surface area contributed by atoms with E-state index in [4.69, 9.17) is 4.74 Å². The maximum absolute atomic E-state index is 5.52. The van der Waals surface area contributed by atoms with Gasteiger partial charge in [0, 0.05) is 5.54 Å². The first kappa shape index (κ1) is 16.4. The van der Waals surface area contributed by atoms with Crippen LogP contribution in [-0.2, 0) is 6.42 Å². The van der Waals surface area contributed by atoms with Crippen LogP contribution in [0.1, 0.15) is 52.0 Å². The van der Waals surface area contributed by atoms with Gasteiger partial charge in [0.2, 0.25) is 0 Å². The van der Waals surface area contributed by atoms with Gasteiger partial charge in [-0.3, -0.25) is 0 Å². The molecule has 1 aliphatic carbocycles. The minimum absolute atomic E-state index is 0.215. The molecule has 21 heavy (non-hydrogen) atoms. The molecule has 2 rings (SSSR count). The van der Waals surface area contributed by atoms with Gasteiger partial charge in [-0.25, -0.2) is 0 Å². The van der Waals surface area contributed by atoms with E-state index in [0.29, 0.717) is 0 Å². The van der Waals surface area contributed by atoms with E-state index < -0.39 is 0 Å². The standard InChI is InChI=1S/C19H31NO/c1-19(2,3)20-14-17-11-6-5-9-15(17)13-16-10-7-8-12-18(16)21-4/h7-8,10,12,15,17,20H,5-6,9,11,13-14H2,1-4H3. The molecule has 0 aromatic heterocycles. The van der Waals surface area contributed by atoms with Crippen molar-refractivity contribution < 1.29 is 4.74 Å². The highest BCUT2D eigenvalue weighted by Gasteiger charge is 2.27. The van der Waals surface area contributed by atoms with Crippen molar-refractivity contribution in [3.05, 3.63) is 29.8 Å². The molecule has 0 radical (unpaired) electrons. The topological polar surface area (TPSA) is 21.3 Å². The third kappa shape index (κ3) is 5.03. The first-order valence-corrected chi connectivity index (χ1v) is 8.36. The molecule has 0 aliphatic heterocycles. The van der Waals surface area contributed by atoms with Crippen LogP contribution in [0.2, 0.25) is 0 Å². The summed E-state index contributed by atoms with van der Waals surface area (Å²) in [6, 6.07) is 8.49. The Morgan fingerprint density at radius 2 is 1.76 bits per heavy atom. The minimum Gasteiger partial charge on any atom is -0.496 e. The molecular weight excluding hydrogens is 258 g/mol. The van der Waals surface area contributed by atoms with Gasteiger partial charge < -0.3 is 10.1 Å². The van der Waals surface area contributed by atoms with E-state index in [1.54, 1.807) is 7.11 Å². The monoisotopic (exact) mass is 289 g/mol. The van der Waals surface area contributed by atoms with Crippen molar-refractivity contribution in [3.63, 3.8) is 0 Å². The number of hydrogen-bond donors (Lipinski definition) is 1. The van der Waals surface area contributed by atoms with Gasteiger partial charge in [-0.15, -0.1) is 0 Å². The lowest BCUT2D eigenvalue weighted by molar-refractivity contribution is 0.212. The van der Waals surface area contributed by atoms with E-state index in [0.717, 1.165) is 30.6 Å². The molecule has 2 unspecified atom stereocenters. The molecule has 1 N–H and O–H groups in total. The summed E-state index contributed by atoms with van der Waals surface area (Å²) in [6.07, 6.45) is 6.64. The van der Waals surface area contributed by atoms with Gasteiger partial charge in [-0.1, -0.05) is 31.0 Å². The molecule has 0 spiro atoms. The van der Waals surface area contributed by atoms with Crippen LogP contribution in [-0.4, -0.2) is 19.2 Å². The van der Waals surface area contributed by atoms with Crippen molar-refractivity contribution >= 4 is 0 Å². The third-order valence-electron chi connectivity index (χ3n) is 4.64. The fourth-order valence-electron chi connectivity index (χ4n) is 3.41. The smallest absolute Gasteiger partial charge is 0.122 e. The number of hydrogen-bond acceptors (Lipinski definition) is 2. The van der Waals surface area contributed by atoms with Crippen LogP contribution in [0, 0.1) is 11.8 Å². The van der Waals surface area contributed by atoms with Crippen LogP contribution in [0.3, 0.4) is 0 Å². The van der Waals surface area contributed by atoms with Gasteiger partial charge in [0.1, 0.15) is 5.75 Å². The average molecular weight is 289 g/mol. The maximum Gasteiger partial charge on any atom is 0.122 e. The summed E-state index contributed by atoms with van der Waals surface area (Å²) in [5, 5.41) is 3.70. The third-order valence-corrected chi connectivity index (χ3v) is 4.64. The number of rotatable bonds is 5. The largest absolute Gasteiger partial charge is 0.496 e. The van der Waals surface area contributed by atoms with Gasteiger partial charge in [0.15, 0.2) is 0 Å². The second-order valence-electron chi connectivity index (χ2n) is 7.45. The first-order valence-electron chi connectivity index (χ1n) is 8.36. The quantitative estimate of drug-likeness (QED) is 0.865. The second-order valence-corrected chi connectivity index (χ2v) is 7.45. The summed E-state index contributed by atoms with van der Waals surface area (Å²) in [7, 11) is 1.78. The highest BCUT2D eigenvalue weighted by atomic mass is 16.5. The average Bonchev–Trinajstić information content (AvgIpc) is 2.46. The zero-order valence-electron chi connectivity index (χ0n) is 14.1. The lowest BCUT2D eigenvalue weighted by atomic mass is 9.76. The Morgan fingerprint density at radius 3 is 2.43 bits per heavy atom. The molecule has 0 bridgehead atoms. The molecule has 1 fully saturated rings. The molecule has 1 aliphatic rings. The second kappa shape index (κ2) is 7.31. The highest BCUT2D eigenvalue weighted by Crippen LogP contribution is 2.34. The summed E-state index contributed by atoms with van der Waals surface area (Å²) in [4.78, 5) is 0. The Bertz CT molecular complexity index is 435. The first-order chi connectivity index (χ1) is 9.99. The normalized spacial score (nSPS) is 23.0. The van der Waals surface area contributed by atoms with Gasteiger partial charge >= 0.3 is 0 Å². The molecule has 2 nitrogen and oxygen atoms in total. The summed E-state index contributed by atoms with van der Waals surface area (Å²) in [6.45, 7) is 7.91. The Morgan fingerprint density at radius 1 is 1.10 bits per heavy atom. The summed E-state index contributed by atoms with van der Waals surface area (Å²) in [5.74, 6) is 2.62. The Labute approximate surface area is 130 Å². The minimum atomic E-state index is 0.215. The maximum atomic E-state index is 5.52. The van der Waals surface area contributed by atoms with Crippen LogP contribution in [0.15, 0.2) is 24.3 Å². The Hall–Kier alpha value is -1.02. The van der Waals surface area contributed by atoms with Gasteiger partial charge in [0.05, 0.1) is 7.11 Å². The molecule has 0 heterocycles. The van der Waals surface area contributed by atoms with Gasteiger partial charge in [0.25, 0.3) is 0 Å². The fourth-order valence-corrected chi connectivity index (χ4v) is 3.41. The summed E-state index contributed by atoms with van der Waals surface area (Å²) in [5.41, 5.74) is 1.58. The predicted octanol–water partition coefficient (Wildman–Crippen LogP) is 4.43. The SMILES string of the molecule is COc1ccccc1CC1CCCCC1CNC(C)(C)C. The number of nitrogens with one attached hydrogen (secondary N) is 1. The fraction of sp³-hybridized carbons (Fsp3) is 0.684. The van der Waals surface area contributed by atoms with Crippen LogP contribution >= 0.6 is 0 Å². The summed E-state index contributed by atoms with van der Waals surface area (Å²) >= 11 is 0. The number of ether oxygens (including phenoxy) is 1. The van der Waals surface area contributed by atoms with Crippen molar-refractivity contribution in [2.75, 3.05) is 13.7 Å². The zero-order chi connectivity index (χ0) is 15.3. The van der Waals surface area contributed by atoms with Gasteiger partial charge in [-0.05, 0) is 70.0 Å². The summed E-state index contributed by atoms with van der Waals surface area (Å²) < 4.78 is 5.52. The zero-order valence-corrected chi connectivity index (χ0v) is 14.1. The van der Waals surface area contributed by atoms with E-state index in [1.165, 1.54) is 31.2 Å². The van der Waals surface area contributed by atoms with E-state index in [-0.39, 0.29) is 5.54 Å². The van der Waals surface area contributed by atoms with Crippen molar-refractivity contribution in [3.8, 4) is 5.75 Å². The molecule has 1 aromatic rings. The number of benzene rings is 1. The van der Waals surface area contributed by atoms with Crippen LogP contribution in [0.25, 0.3) is 0 Å². The van der Waals surface area contributed by atoms with E-state index >= 15 is 0 Å².